The number of hydrogen-bond donors (Lipinski definition) is 2. The molecule has 0 radical (unpaired) electrons. The molecule has 29 heavy (non-hydrogen) atoms. The first-order valence-electron chi connectivity index (χ1n) is 8.76. The zero-order chi connectivity index (χ0) is 21.0. The third kappa shape index (κ3) is 4.84. The van der Waals surface area contributed by atoms with Gasteiger partial charge in [0, 0.05) is 18.3 Å². The number of amides is 1. The van der Waals surface area contributed by atoms with E-state index >= 15 is 0 Å². The van der Waals surface area contributed by atoms with Gasteiger partial charge in [-0.2, -0.15) is 0 Å². The van der Waals surface area contributed by atoms with Crippen LogP contribution in [0.4, 0.5) is 5.88 Å². The van der Waals surface area contributed by atoms with Gasteiger partial charge in [0.1, 0.15) is 10.6 Å². The number of carbonyl (C=O) groups is 1. The van der Waals surface area contributed by atoms with Gasteiger partial charge < -0.3 is 9.26 Å². The molecule has 0 saturated heterocycles. The van der Waals surface area contributed by atoms with Gasteiger partial charge in [-0.1, -0.05) is 17.3 Å². The maximum atomic E-state index is 12.9. The molecule has 0 aliphatic rings. The van der Waals surface area contributed by atoms with Crippen molar-refractivity contribution in [2.45, 2.75) is 25.2 Å². The van der Waals surface area contributed by atoms with E-state index in [2.05, 4.69) is 15.2 Å². The number of nitrogens with one attached hydrogen (secondary N) is 2. The lowest BCUT2D eigenvalue weighted by Crippen LogP contribution is -2.26. The van der Waals surface area contributed by atoms with Crippen LogP contribution in [-0.2, 0) is 21.2 Å². The van der Waals surface area contributed by atoms with Crippen molar-refractivity contribution in [3.8, 4) is 16.9 Å². The standard InChI is InChI=1S/C19H21N3O5S2/c1-12-18(19(27-22-12)21-13(2)23)14-6-7-16(26-3)17(11-14)29(24,25)20-9-8-15-5-4-10-28-15/h4-7,10-11,20H,8-9H2,1-3H3,(H,21,23). The molecule has 0 spiro atoms. The molecular formula is C19H21N3O5S2. The molecule has 1 aromatic carbocycles. The number of aromatic nitrogens is 1. The SMILES string of the molecule is COc1ccc(-c2c(C)noc2NC(C)=O)cc1S(=O)(=O)NCCc1cccs1. The Morgan fingerprint density at radius 1 is 1.31 bits per heavy atom. The van der Waals surface area contributed by atoms with Crippen LogP contribution in [-0.4, -0.2) is 33.1 Å². The van der Waals surface area contributed by atoms with Crippen molar-refractivity contribution >= 4 is 33.2 Å². The van der Waals surface area contributed by atoms with Gasteiger partial charge in [-0.25, -0.2) is 13.1 Å². The average molecular weight is 436 g/mol. The van der Waals surface area contributed by atoms with Gasteiger partial charge in [-0.15, -0.1) is 11.3 Å². The highest BCUT2D eigenvalue weighted by molar-refractivity contribution is 7.89. The van der Waals surface area contributed by atoms with Crippen LogP contribution in [0.2, 0.25) is 0 Å². The Balaban J connectivity index is 1.93. The molecule has 0 aliphatic heterocycles. The lowest BCUT2D eigenvalue weighted by atomic mass is 10.1. The molecule has 3 aromatic rings. The molecule has 0 unspecified atom stereocenters. The summed E-state index contributed by atoms with van der Waals surface area (Å²) in [6.45, 7) is 3.32. The van der Waals surface area contributed by atoms with Crippen LogP contribution in [0.3, 0.4) is 0 Å². The van der Waals surface area contributed by atoms with Crippen LogP contribution in [0, 0.1) is 6.92 Å². The van der Waals surface area contributed by atoms with E-state index in [-0.39, 0.29) is 29.0 Å². The highest BCUT2D eigenvalue weighted by Gasteiger charge is 2.23. The van der Waals surface area contributed by atoms with Crippen molar-refractivity contribution in [3.63, 3.8) is 0 Å². The van der Waals surface area contributed by atoms with E-state index in [9.17, 15) is 13.2 Å². The molecule has 3 rings (SSSR count). The van der Waals surface area contributed by atoms with Crippen LogP contribution >= 0.6 is 11.3 Å². The van der Waals surface area contributed by atoms with Gasteiger partial charge >= 0.3 is 0 Å². The van der Waals surface area contributed by atoms with Gasteiger partial charge in [0.25, 0.3) is 0 Å². The largest absolute Gasteiger partial charge is 0.495 e. The molecule has 0 fully saturated rings. The normalized spacial score (nSPS) is 11.4. The third-order valence-electron chi connectivity index (χ3n) is 4.14. The summed E-state index contributed by atoms with van der Waals surface area (Å²) in [4.78, 5) is 12.5. The van der Waals surface area contributed by atoms with Crippen LogP contribution < -0.4 is 14.8 Å². The second-order valence-corrected chi connectivity index (χ2v) is 9.01. The number of hydrogen-bond acceptors (Lipinski definition) is 7. The molecule has 0 bridgehead atoms. The molecule has 8 nitrogen and oxygen atoms in total. The fourth-order valence-corrected chi connectivity index (χ4v) is 4.77. The quantitative estimate of drug-likeness (QED) is 0.562. The molecule has 2 N–H and O–H groups in total. The molecule has 1 amide bonds. The second kappa shape index (κ2) is 8.76. The summed E-state index contributed by atoms with van der Waals surface area (Å²) in [5.74, 6) is 0.0562. The van der Waals surface area contributed by atoms with Crippen LogP contribution in [0.1, 0.15) is 17.5 Å². The van der Waals surface area contributed by atoms with E-state index in [4.69, 9.17) is 9.26 Å². The lowest BCUT2D eigenvalue weighted by molar-refractivity contribution is -0.114. The first kappa shape index (κ1) is 21.0. The van der Waals surface area contributed by atoms with Crippen molar-refractivity contribution < 1.29 is 22.5 Å². The third-order valence-corrected chi connectivity index (χ3v) is 6.56. The Labute approximate surface area is 172 Å². The minimum atomic E-state index is -3.83. The smallest absolute Gasteiger partial charge is 0.244 e. The van der Waals surface area contributed by atoms with Crippen molar-refractivity contribution in [3.05, 3.63) is 46.3 Å². The average Bonchev–Trinajstić information content (AvgIpc) is 3.31. The minimum Gasteiger partial charge on any atom is -0.495 e. The first-order valence-corrected chi connectivity index (χ1v) is 11.1. The number of nitrogens with zero attached hydrogens (tertiary/aromatic N) is 1. The minimum absolute atomic E-state index is 0.00180. The fourth-order valence-electron chi connectivity index (χ4n) is 2.84. The molecule has 10 heteroatoms. The molecule has 0 aliphatic carbocycles. The maximum Gasteiger partial charge on any atom is 0.244 e. The second-order valence-electron chi connectivity index (χ2n) is 6.25. The molecular weight excluding hydrogens is 414 g/mol. The van der Waals surface area contributed by atoms with Crippen molar-refractivity contribution in [1.29, 1.82) is 0 Å². The Kier molecular flexibility index (Phi) is 6.36. The van der Waals surface area contributed by atoms with E-state index in [0.29, 0.717) is 23.2 Å². The van der Waals surface area contributed by atoms with Gasteiger partial charge in [0.05, 0.1) is 18.4 Å². The monoisotopic (exact) mass is 435 g/mol. The van der Waals surface area contributed by atoms with Crippen molar-refractivity contribution in [2.24, 2.45) is 0 Å². The van der Waals surface area contributed by atoms with E-state index < -0.39 is 10.0 Å². The molecule has 154 valence electrons. The molecule has 2 aromatic heterocycles. The van der Waals surface area contributed by atoms with Crippen LogP contribution in [0.5, 0.6) is 5.75 Å². The summed E-state index contributed by atoms with van der Waals surface area (Å²) in [6, 6.07) is 8.62. The van der Waals surface area contributed by atoms with Crippen molar-refractivity contribution in [1.82, 2.24) is 9.88 Å². The molecule has 2 heterocycles. The number of carbonyl (C=O) groups excluding carboxylic acids is 1. The summed E-state index contributed by atoms with van der Waals surface area (Å²) in [5, 5.41) is 8.39. The number of methoxy groups -OCH3 is 1. The van der Waals surface area contributed by atoms with Crippen molar-refractivity contribution in [2.75, 3.05) is 19.0 Å². The van der Waals surface area contributed by atoms with E-state index in [1.165, 1.54) is 20.1 Å². The zero-order valence-corrected chi connectivity index (χ0v) is 17.8. The van der Waals surface area contributed by atoms with E-state index in [0.717, 1.165) is 4.88 Å². The van der Waals surface area contributed by atoms with Crippen LogP contribution in [0.15, 0.2) is 45.1 Å². The number of aryl methyl sites for hydroxylation is 1. The number of benzene rings is 1. The number of ether oxygens (including phenoxy) is 1. The number of rotatable bonds is 8. The Hall–Kier alpha value is -2.69. The van der Waals surface area contributed by atoms with Crippen LogP contribution in [0.25, 0.3) is 11.1 Å². The van der Waals surface area contributed by atoms with Gasteiger partial charge in [0.15, 0.2) is 0 Å². The topological polar surface area (TPSA) is 111 Å². The summed E-state index contributed by atoms with van der Waals surface area (Å²) in [6.07, 6.45) is 0.594. The van der Waals surface area contributed by atoms with Gasteiger partial charge in [-0.3, -0.25) is 10.1 Å². The maximum absolute atomic E-state index is 12.9. The summed E-state index contributed by atoms with van der Waals surface area (Å²) >= 11 is 1.57. The molecule has 0 atom stereocenters. The summed E-state index contributed by atoms with van der Waals surface area (Å²) in [5.41, 5.74) is 1.57. The fraction of sp³-hybridized carbons (Fsp3) is 0.263. The number of thiophene rings is 1. The summed E-state index contributed by atoms with van der Waals surface area (Å²) in [7, 11) is -2.42. The van der Waals surface area contributed by atoms with Gasteiger partial charge in [-0.05, 0) is 42.5 Å². The first-order chi connectivity index (χ1) is 13.8. The predicted octanol–water partition coefficient (Wildman–Crippen LogP) is 3.20. The summed E-state index contributed by atoms with van der Waals surface area (Å²) < 4.78 is 38.9. The predicted molar refractivity (Wildman–Crippen MR) is 111 cm³/mol. The highest BCUT2D eigenvalue weighted by Crippen LogP contribution is 2.35. The highest BCUT2D eigenvalue weighted by atomic mass is 32.2. The number of anilines is 1. The van der Waals surface area contributed by atoms with Gasteiger partial charge in [0.2, 0.25) is 21.8 Å². The molecule has 0 saturated carbocycles. The Morgan fingerprint density at radius 3 is 2.76 bits per heavy atom. The number of sulfonamides is 1. The van der Waals surface area contributed by atoms with E-state index in [1.54, 1.807) is 30.4 Å². The van der Waals surface area contributed by atoms with E-state index in [1.807, 2.05) is 17.5 Å². The Bertz CT molecular complexity index is 1110. The zero-order valence-electron chi connectivity index (χ0n) is 16.2. The Morgan fingerprint density at radius 2 is 2.10 bits per heavy atom. The lowest BCUT2D eigenvalue weighted by Gasteiger charge is -2.13.